The normalized spacial score (nSPS) is 36.5. The maximum atomic E-state index is 6.38. The highest BCUT2D eigenvalue weighted by atomic mass is 35.5. The van der Waals surface area contributed by atoms with E-state index in [0.29, 0.717) is 17.6 Å². The minimum absolute atomic E-state index is 0.218. The Balaban J connectivity index is 1.79. The molecule has 17 heavy (non-hydrogen) atoms. The fourth-order valence-corrected chi connectivity index (χ4v) is 3.85. The van der Waals surface area contributed by atoms with Gasteiger partial charge in [-0.3, -0.25) is 0 Å². The van der Waals surface area contributed by atoms with Gasteiger partial charge in [0.05, 0.1) is 18.8 Å². The maximum absolute atomic E-state index is 6.38. The van der Waals surface area contributed by atoms with Crippen molar-refractivity contribution in [3.63, 3.8) is 0 Å². The lowest BCUT2D eigenvalue weighted by molar-refractivity contribution is -0.143. The molecule has 0 radical (unpaired) electrons. The molecule has 2 nitrogen and oxygen atoms in total. The van der Waals surface area contributed by atoms with Crippen LogP contribution in [-0.4, -0.2) is 30.8 Å². The summed E-state index contributed by atoms with van der Waals surface area (Å²) >= 11 is 6.38. The van der Waals surface area contributed by atoms with E-state index in [2.05, 4.69) is 13.8 Å². The highest BCUT2D eigenvalue weighted by Crippen LogP contribution is 2.51. The van der Waals surface area contributed by atoms with Crippen molar-refractivity contribution >= 4 is 11.6 Å². The zero-order valence-electron chi connectivity index (χ0n) is 11.1. The van der Waals surface area contributed by atoms with Crippen molar-refractivity contribution in [2.24, 2.45) is 5.41 Å². The van der Waals surface area contributed by atoms with Crippen molar-refractivity contribution in [3.05, 3.63) is 0 Å². The van der Waals surface area contributed by atoms with E-state index < -0.39 is 0 Å². The van der Waals surface area contributed by atoms with Gasteiger partial charge >= 0.3 is 0 Å². The molecule has 2 rings (SSSR count). The molecule has 0 aromatic rings. The van der Waals surface area contributed by atoms with E-state index in [4.69, 9.17) is 21.1 Å². The first-order chi connectivity index (χ1) is 8.23. The van der Waals surface area contributed by atoms with E-state index in [1.807, 2.05) is 0 Å². The van der Waals surface area contributed by atoms with Crippen LogP contribution in [0.1, 0.15) is 52.4 Å². The molecule has 3 heteroatoms. The van der Waals surface area contributed by atoms with Crippen molar-refractivity contribution < 1.29 is 9.47 Å². The Morgan fingerprint density at radius 2 is 2.06 bits per heavy atom. The van der Waals surface area contributed by atoms with E-state index in [1.165, 1.54) is 12.8 Å². The van der Waals surface area contributed by atoms with Crippen LogP contribution in [0.2, 0.25) is 0 Å². The number of ether oxygens (including phenoxy) is 2. The molecule has 1 aliphatic carbocycles. The molecule has 2 fully saturated rings. The van der Waals surface area contributed by atoms with Crippen LogP contribution in [0, 0.1) is 5.41 Å². The summed E-state index contributed by atoms with van der Waals surface area (Å²) in [4.78, 5) is 0. The molecule has 3 atom stereocenters. The van der Waals surface area contributed by atoms with E-state index >= 15 is 0 Å². The van der Waals surface area contributed by atoms with E-state index in [-0.39, 0.29) is 5.41 Å². The molecule has 0 aromatic heterocycles. The summed E-state index contributed by atoms with van der Waals surface area (Å²) in [7, 11) is 0. The molecule has 3 unspecified atom stereocenters. The van der Waals surface area contributed by atoms with Crippen molar-refractivity contribution in [3.8, 4) is 0 Å². The highest BCUT2D eigenvalue weighted by Gasteiger charge is 2.52. The summed E-state index contributed by atoms with van der Waals surface area (Å²) in [5.41, 5.74) is 0.218. The number of rotatable bonds is 5. The Labute approximate surface area is 110 Å². The lowest BCUT2D eigenvalue weighted by atomic mass is 9.62. The van der Waals surface area contributed by atoms with E-state index in [1.54, 1.807) is 0 Å². The van der Waals surface area contributed by atoms with Crippen LogP contribution in [0.5, 0.6) is 0 Å². The number of alkyl halides is 1. The minimum Gasteiger partial charge on any atom is -0.376 e. The highest BCUT2D eigenvalue weighted by molar-refractivity contribution is 6.21. The zero-order chi connectivity index (χ0) is 12.3. The quantitative estimate of drug-likeness (QED) is 0.701. The summed E-state index contributed by atoms with van der Waals surface area (Å²) in [5, 5.41) is 0.301. The zero-order valence-corrected chi connectivity index (χ0v) is 11.8. The van der Waals surface area contributed by atoms with Crippen LogP contribution in [0.4, 0.5) is 0 Å². The third-order valence-corrected chi connectivity index (χ3v) is 5.37. The molecule has 0 amide bonds. The third-order valence-electron chi connectivity index (χ3n) is 4.76. The monoisotopic (exact) mass is 260 g/mol. The summed E-state index contributed by atoms with van der Waals surface area (Å²) in [5.74, 6) is 0. The van der Waals surface area contributed by atoms with Crippen molar-refractivity contribution in [2.75, 3.05) is 13.2 Å². The molecule has 1 saturated heterocycles. The van der Waals surface area contributed by atoms with Crippen LogP contribution in [0.3, 0.4) is 0 Å². The summed E-state index contributed by atoms with van der Waals surface area (Å²) in [6, 6.07) is 0. The van der Waals surface area contributed by atoms with Crippen LogP contribution in [0.15, 0.2) is 0 Å². The van der Waals surface area contributed by atoms with Gasteiger partial charge in [0, 0.05) is 17.4 Å². The average molecular weight is 261 g/mol. The van der Waals surface area contributed by atoms with Crippen molar-refractivity contribution in [1.82, 2.24) is 0 Å². The average Bonchev–Trinajstić information content (AvgIpc) is 2.37. The molecule has 0 bridgehead atoms. The van der Waals surface area contributed by atoms with Crippen LogP contribution < -0.4 is 0 Å². The van der Waals surface area contributed by atoms with Gasteiger partial charge in [0.15, 0.2) is 0 Å². The molecule has 100 valence electrons. The summed E-state index contributed by atoms with van der Waals surface area (Å²) in [6.07, 6.45) is 7.57. The van der Waals surface area contributed by atoms with Gasteiger partial charge in [-0.25, -0.2) is 0 Å². The largest absolute Gasteiger partial charge is 0.376 e. The van der Waals surface area contributed by atoms with Crippen LogP contribution >= 0.6 is 11.6 Å². The summed E-state index contributed by atoms with van der Waals surface area (Å²) < 4.78 is 11.8. The van der Waals surface area contributed by atoms with Gasteiger partial charge in [0.25, 0.3) is 0 Å². The van der Waals surface area contributed by atoms with Gasteiger partial charge in [-0.15, -0.1) is 11.6 Å². The van der Waals surface area contributed by atoms with Gasteiger partial charge in [0.1, 0.15) is 0 Å². The van der Waals surface area contributed by atoms with Gasteiger partial charge < -0.3 is 9.47 Å². The molecular formula is C14H25ClO2. The lowest BCUT2D eigenvalue weighted by Gasteiger charge is -2.53. The van der Waals surface area contributed by atoms with Gasteiger partial charge in [-0.05, 0) is 38.5 Å². The first-order valence-electron chi connectivity index (χ1n) is 7.10. The Hall–Kier alpha value is 0.210. The summed E-state index contributed by atoms with van der Waals surface area (Å²) in [6.45, 7) is 6.12. The second-order valence-corrected chi connectivity index (χ2v) is 5.98. The molecule has 0 N–H and O–H groups in total. The number of hydrogen-bond acceptors (Lipinski definition) is 2. The Morgan fingerprint density at radius 1 is 1.29 bits per heavy atom. The minimum atomic E-state index is 0.218. The molecule has 1 aliphatic heterocycles. The standard InChI is InChI=1S/C14H25ClO2/c1-3-14(4-2)12(15)9-13(14)17-10-11-7-5-6-8-16-11/h11-13H,3-10H2,1-2H3. The van der Waals surface area contributed by atoms with Crippen molar-refractivity contribution in [1.29, 1.82) is 0 Å². The Morgan fingerprint density at radius 3 is 2.59 bits per heavy atom. The lowest BCUT2D eigenvalue weighted by Crippen LogP contribution is -2.55. The molecular weight excluding hydrogens is 236 g/mol. The van der Waals surface area contributed by atoms with Crippen LogP contribution in [-0.2, 0) is 9.47 Å². The third kappa shape index (κ3) is 2.64. The van der Waals surface area contributed by atoms with Crippen molar-refractivity contribution in [2.45, 2.75) is 70.0 Å². The molecule has 1 heterocycles. The molecule has 0 spiro atoms. The number of hydrogen-bond donors (Lipinski definition) is 0. The van der Waals surface area contributed by atoms with E-state index in [9.17, 15) is 0 Å². The molecule has 0 aromatic carbocycles. The smallest absolute Gasteiger partial charge is 0.0808 e. The van der Waals surface area contributed by atoms with Gasteiger partial charge in [0.2, 0.25) is 0 Å². The molecule has 1 saturated carbocycles. The van der Waals surface area contributed by atoms with Crippen LogP contribution in [0.25, 0.3) is 0 Å². The van der Waals surface area contributed by atoms with E-state index in [0.717, 1.165) is 38.9 Å². The first-order valence-corrected chi connectivity index (χ1v) is 7.54. The second-order valence-electron chi connectivity index (χ2n) is 5.45. The fraction of sp³-hybridized carbons (Fsp3) is 1.00. The Kier molecular flexibility index (Phi) is 4.73. The first kappa shape index (κ1) is 13.6. The van der Waals surface area contributed by atoms with Gasteiger partial charge in [-0.1, -0.05) is 13.8 Å². The Bertz CT molecular complexity index is 234. The SMILES string of the molecule is CCC1(CC)C(Cl)CC1OCC1CCCCO1. The predicted molar refractivity (Wildman–Crippen MR) is 70.6 cm³/mol. The molecule has 2 aliphatic rings. The maximum Gasteiger partial charge on any atom is 0.0808 e. The van der Waals surface area contributed by atoms with Gasteiger partial charge in [-0.2, -0.15) is 0 Å². The number of halogens is 1. The predicted octanol–water partition coefficient (Wildman–Crippen LogP) is 3.76. The topological polar surface area (TPSA) is 18.5 Å². The fourth-order valence-electron chi connectivity index (χ4n) is 3.24. The second kappa shape index (κ2) is 5.90.